The van der Waals surface area contributed by atoms with Crippen LogP contribution < -0.4 is 4.31 Å². The van der Waals surface area contributed by atoms with E-state index in [0.717, 1.165) is 15.9 Å². The van der Waals surface area contributed by atoms with E-state index < -0.39 is 31.9 Å². The quantitative estimate of drug-likeness (QED) is 0.628. The third-order valence-corrected chi connectivity index (χ3v) is 8.97. The zero-order chi connectivity index (χ0) is 22.6. The molecule has 5 rings (SSSR count). The number of aliphatic carboxylic acids is 1. The largest absolute Gasteiger partial charge is 0.479 e. The number of benzene rings is 3. The summed E-state index contributed by atoms with van der Waals surface area (Å²) in [6.07, 6.45) is 0. The van der Waals surface area contributed by atoms with Crippen molar-refractivity contribution in [2.24, 2.45) is 0 Å². The van der Waals surface area contributed by atoms with Crippen LogP contribution in [0.1, 0.15) is 22.7 Å². The summed E-state index contributed by atoms with van der Waals surface area (Å²) in [7, 11) is -8.33. The molecule has 160 valence electrons. The highest BCUT2D eigenvalue weighted by molar-refractivity contribution is 7.93. The van der Waals surface area contributed by atoms with Gasteiger partial charge in [-0.25, -0.2) is 25.9 Å². The van der Waals surface area contributed by atoms with Crippen molar-refractivity contribution in [1.82, 2.24) is 0 Å². The summed E-state index contributed by atoms with van der Waals surface area (Å²) in [5, 5.41) is 9.64. The Kier molecular flexibility index (Phi) is 4.90. The Morgan fingerprint density at radius 1 is 0.839 bits per heavy atom. The van der Waals surface area contributed by atoms with E-state index in [1.807, 2.05) is 6.92 Å². The van der Waals surface area contributed by atoms with Gasteiger partial charge in [0.05, 0.1) is 20.4 Å². The standard InChI is InChI=1S/C22H19NO6S2/c1-14-3-10-18(11-4-14)30(26,27)20-13-19(12-5-15(20)2)31(28,29)23-17-8-6-16(7-9-17)21(23)22(24)25/h3-13,21H,1-2H3,(H,24,25). The normalized spacial score (nSPS) is 15.8. The Bertz CT molecular complexity index is 1390. The fraction of sp³-hybridized carbons (Fsp3) is 0.136. The molecule has 1 atom stereocenters. The fourth-order valence-corrected chi connectivity index (χ4v) is 6.82. The lowest BCUT2D eigenvalue weighted by Gasteiger charge is -2.34. The number of sulfone groups is 1. The van der Waals surface area contributed by atoms with Gasteiger partial charge >= 0.3 is 5.97 Å². The van der Waals surface area contributed by atoms with E-state index in [0.29, 0.717) is 11.1 Å². The van der Waals surface area contributed by atoms with E-state index in [1.165, 1.54) is 36.4 Å². The molecule has 0 spiro atoms. The molecule has 1 N–H and O–H groups in total. The van der Waals surface area contributed by atoms with Gasteiger partial charge in [-0.15, -0.1) is 0 Å². The zero-order valence-corrected chi connectivity index (χ0v) is 18.3. The third-order valence-electron chi connectivity index (χ3n) is 5.27. The van der Waals surface area contributed by atoms with Gasteiger partial charge in [0.2, 0.25) is 9.84 Å². The number of hydrogen-bond acceptors (Lipinski definition) is 5. The van der Waals surface area contributed by atoms with Crippen molar-refractivity contribution in [3.63, 3.8) is 0 Å². The highest BCUT2D eigenvalue weighted by Crippen LogP contribution is 2.39. The summed E-state index contributed by atoms with van der Waals surface area (Å²) >= 11 is 0. The van der Waals surface area contributed by atoms with Crippen LogP contribution in [0.2, 0.25) is 0 Å². The number of carboxylic acids is 1. The first-order valence-corrected chi connectivity index (χ1v) is 12.3. The monoisotopic (exact) mass is 457 g/mol. The van der Waals surface area contributed by atoms with Crippen LogP contribution in [-0.2, 0) is 24.7 Å². The van der Waals surface area contributed by atoms with Gasteiger partial charge < -0.3 is 5.11 Å². The van der Waals surface area contributed by atoms with Gasteiger partial charge in [-0.3, -0.25) is 0 Å². The number of carboxylic acid groups (broad SMARTS) is 1. The van der Waals surface area contributed by atoms with Crippen LogP contribution in [0, 0.1) is 13.8 Å². The van der Waals surface area contributed by atoms with Crippen LogP contribution in [0.4, 0.5) is 5.69 Å². The molecule has 1 unspecified atom stereocenters. The minimum atomic E-state index is -4.35. The van der Waals surface area contributed by atoms with Crippen molar-refractivity contribution in [3.8, 4) is 0 Å². The summed E-state index contributed by atoms with van der Waals surface area (Å²) < 4.78 is 54.1. The molecule has 0 aliphatic carbocycles. The maximum atomic E-state index is 13.4. The molecule has 0 radical (unpaired) electrons. The second-order valence-electron chi connectivity index (χ2n) is 7.38. The average Bonchev–Trinajstić information content (AvgIpc) is 2.74. The van der Waals surface area contributed by atoms with Crippen molar-refractivity contribution in [2.45, 2.75) is 34.6 Å². The number of sulfonamides is 1. The van der Waals surface area contributed by atoms with Crippen molar-refractivity contribution in [1.29, 1.82) is 0 Å². The van der Waals surface area contributed by atoms with Crippen LogP contribution in [-0.4, -0.2) is 27.9 Å². The van der Waals surface area contributed by atoms with E-state index in [1.54, 1.807) is 31.2 Å². The predicted octanol–water partition coefficient (Wildman–Crippen LogP) is 3.47. The number of rotatable bonds is 5. The molecule has 0 aromatic heterocycles. The molecule has 2 aliphatic heterocycles. The topological polar surface area (TPSA) is 109 Å². The van der Waals surface area contributed by atoms with Gasteiger partial charge in [-0.2, -0.15) is 0 Å². The van der Waals surface area contributed by atoms with E-state index >= 15 is 0 Å². The lowest BCUT2D eigenvalue weighted by molar-refractivity contribution is -0.138. The number of carbonyl (C=O) groups is 1. The number of hydrogen-bond donors (Lipinski definition) is 1. The molecule has 2 aliphatic rings. The molecule has 0 saturated carbocycles. The molecule has 0 amide bonds. The lowest BCUT2D eigenvalue weighted by Crippen LogP contribution is -2.41. The van der Waals surface area contributed by atoms with Crippen LogP contribution in [0.15, 0.2) is 81.4 Å². The second-order valence-corrected chi connectivity index (χ2v) is 11.1. The Balaban J connectivity index is 1.85. The molecule has 0 fully saturated rings. The summed E-state index contributed by atoms with van der Waals surface area (Å²) in [5.41, 5.74) is 1.80. The van der Waals surface area contributed by atoms with Crippen molar-refractivity contribution >= 4 is 31.5 Å². The zero-order valence-electron chi connectivity index (χ0n) is 16.7. The lowest BCUT2D eigenvalue weighted by atomic mass is 10.0. The predicted molar refractivity (Wildman–Crippen MR) is 114 cm³/mol. The Morgan fingerprint density at radius 3 is 2.00 bits per heavy atom. The molecule has 2 heterocycles. The first kappa shape index (κ1) is 21.1. The van der Waals surface area contributed by atoms with Gasteiger partial charge in [0.15, 0.2) is 6.04 Å². The van der Waals surface area contributed by atoms with Crippen LogP contribution in [0.3, 0.4) is 0 Å². The Morgan fingerprint density at radius 2 is 1.42 bits per heavy atom. The number of fused-ring (bicyclic) bond motifs is 3. The molecular weight excluding hydrogens is 438 g/mol. The average molecular weight is 458 g/mol. The molecule has 7 nitrogen and oxygen atoms in total. The smallest absolute Gasteiger partial charge is 0.332 e. The first-order chi connectivity index (χ1) is 14.5. The molecule has 2 bridgehead atoms. The number of anilines is 1. The van der Waals surface area contributed by atoms with E-state index in [9.17, 15) is 26.7 Å². The maximum Gasteiger partial charge on any atom is 0.332 e. The number of aryl methyl sites for hydroxylation is 2. The third kappa shape index (κ3) is 3.39. The van der Waals surface area contributed by atoms with Gasteiger partial charge in [-0.1, -0.05) is 35.9 Å². The van der Waals surface area contributed by atoms with Crippen molar-refractivity contribution in [3.05, 3.63) is 83.4 Å². The van der Waals surface area contributed by atoms with Gasteiger partial charge in [-0.05, 0) is 61.4 Å². The van der Waals surface area contributed by atoms with Crippen molar-refractivity contribution in [2.75, 3.05) is 4.31 Å². The van der Waals surface area contributed by atoms with Crippen molar-refractivity contribution < 1.29 is 26.7 Å². The molecule has 3 aromatic carbocycles. The summed E-state index contributed by atoms with van der Waals surface area (Å²) in [6.45, 7) is 3.41. The van der Waals surface area contributed by atoms with Gasteiger partial charge in [0, 0.05) is 0 Å². The summed E-state index contributed by atoms with van der Waals surface area (Å²) in [6, 6.07) is 14.8. The maximum absolute atomic E-state index is 13.4. The Hall–Kier alpha value is -3.17. The minimum Gasteiger partial charge on any atom is -0.479 e. The Labute approximate surface area is 180 Å². The number of nitrogens with zero attached hydrogens (tertiary/aromatic N) is 1. The summed E-state index contributed by atoms with van der Waals surface area (Å²) in [4.78, 5) is 11.4. The van der Waals surface area contributed by atoms with Crippen LogP contribution in [0.5, 0.6) is 0 Å². The van der Waals surface area contributed by atoms with E-state index in [2.05, 4.69) is 0 Å². The highest BCUT2D eigenvalue weighted by atomic mass is 32.2. The SMILES string of the molecule is Cc1ccc(S(=O)(=O)c2cc(S(=O)(=O)N3c4ccc(cc4)C3C(=O)O)ccc2C)cc1. The second kappa shape index (κ2) is 7.21. The molecule has 0 saturated heterocycles. The molecule has 31 heavy (non-hydrogen) atoms. The molecule has 9 heteroatoms. The van der Waals surface area contributed by atoms with E-state index in [-0.39, 0.29) is 20.4 Å². The minimum absolute atomic E-state index is 0.0481. The van der Waals surface area contributed by atoms with Gasteiger partial charge in [0.25, 0.3) is 10.0 Å². The first-order valence-electron chi connectivity index (χ1n) is 9.33. The van der Waals surface area contributed by atoms with Crippen LogP contribution >= 0.6 is 0 Å². The highest BCUT2D eigenvalue weighted by Gasteiger charge is 2.40. The molecular formula is C22H19NO6S2. The molecule has 3 aromatic rings. The fourth-order valence-electron chi connectivity index (χ4n) is 3.60. The van der Waals surface area contributed by atoms with Gasteiger partial charge in [0.1, 0.15) is 0 Å². The van der Waals surface area contributed by atoms with E-state index in [4.69, 9.17) is 0 Å². The summed E-state index contributed by atoms with van der Waals surface area (Å²) in [5.74, 6) is -1.32. The van der Waals surface area contributed by atoms with Crippen LogP contribution in [0.25, 0.3) is 0 Å².